The number of halogens is 3. The van der Waals surface area contributed by atoms with Crippen LogP contribution in [0.1, 0.15) is 24.8 Å². The van der Waals surface area contributed by atoms with Crippen LogP contribution in [-0.4, -0.2) is 54.7 Å². The van der Waals surface area contributed by atoms with Crippen LogP contribution in [-0.2, 0) is 21.4 Å². The second kappa shape index (κ2) is 10.1. The van der Waals surface area contributed by atoms with Crippen molar-refractivity contribution in [1.82, 2.24) is 8.87 Å². The van der Waals surface area contributed by atoms with Gasteiger partial charge in [-0.25, -0.2) is 17.2 Å². The van der Waals surface area contributed by atoms with Gasteiger partial charge in [-0.2, -0.15) is 13.2 Å². The number of aliphatic carboxylic acids is 1. The normalized spacial score (nSPS) is 14.4. The zero-order valence-electron chi connectivity index (χ0n) is 18.6. The average Bonchev–Trinajstić information content (AvgIpc) is 3.18. The Hall–Kier alpha value is -3.05. The highest BCUT2D eigenvalue weighted by Crippen LogP contribution is 2.33. The van der Waals surface area contributed by atoms with Gasteiger partial charge < -0.3 is 9.84 Å². The van der Waals surface area contributed by atoms with Gasteiger partial charge in [0.15, 0.2) is 0 Å². The number of alkyl halides is 3. The van der Waals surface area contributed by atoms with Crippen LogP contribution in [0.15, 0.2) is 59.6 Å². The molecule has 0 atom stereocenters. The number of hydrogen-bond donors (Lipinski definition) is 1. The fraction of sp³-hybridized carbons (Fsp3) is 0.348. The van der Waals surface area contributed by atoms with Crippen molar-refractivity contribution in [2.24, 2.45) is 0 Å². The molecule has 1 saturated carbocycles. The molecule has 2 aromatic carbocycles. The molecule has 0 unspecified atom stereocenters. The van der Waals surface area contributed by atoms with Crippen molar-refractivity contribution in [1.29, 1.82) is 0 Å². The first-order chi connectivity index (χ1) is 16.0. The van der Waals surface area contributed by atoms with Gasteiger partial charge in [0.2, 0.25) is 0 Å². The molecule has 1 aliphatic rings. The molecule has 184 valence electrons. The van der Waals surface area contributed by atoms with E-state index in [0.29, 0.717) is 11.6 Å². The van der Waals surface area contributed by atoms with Gasteiger partial charge in [-0.05, 0) is 50.2 Å². The molecule has 1 aromatic heterocycles. The second-order valence-electron chi connectivity index (χ2n) is 7.91. The molecule has 34 heavy (non-hydrogen) atoms. The fourth-order valence-corrected chi connectivity index (χ4v) is 5.08. The predicted octanol–water partition coefficient (Wildman–Crippen LogP) is 4.50. The van der Waals surface area contributed by atoms with Crippen LogP contribution in [0, 0.1) is 0 Å². The van der Waals surface area contributed by atoms with E-state index in [1.165, 1.54) is 23.2 Å². The number of benzene rings is 2. The quantitative estimate of drug-likeness (QED) is 0.538. The first-order valence-electron chi connectivity index (χ1n) is 10.4. The molecule has 1 heterocycles. The van der Waals surface area contributed by atoms with Crippen molar-refractivity contribution < 1.29 is 36.2 Å². The molecule has 0 amide bonds. The SMILES string of the molecule is COc1ccc2c(ccn2S(=O)(=O)c2ccccc2)c1CN(C)C1CCC1.O=C(O)C(F)(F)F. The molecule has 7 nitrogen and oxygen atoms in total. The standard InChI is InChI=1S/C21H24N2O3S.C2HF3O2/c1-22(16-7-6-8-16)15-19-18-13-14-23(20(18)11-12-21(19)26-2)27(24,25)17-9-4-3-5-10-17;3-2(4,5)1(6)7/h3-5,9-14,16H,6-8,15H2,1-2H3;(H,6,7). The highest BCUT2D eigenvalue weighted by Gasteiger charge is 2.38. The Morgan fingerprint density at radius 3 is 2.26 bits per heavy atom. The highest BCUT2D eigenvalue weighted by molar-refractivity contribution is 7.90. The van der Waals surface area contributed by atoms with E-state index in [0.717, 1.165) is 23.2 Å². The lowest BCUT2D eigenvalue weighted by Gasteiger charge is -2.35. The maximum absolute atomic E-state index is 13.1. The van der Waals surface area contributed by atoms with Crippen LogP contribution in [0.2, 0.25) is 0 Å². The zero-order valence-corrected chi connectivity index (χ0v) is 19.4. The number of methoxy groups -OCH3 is 1. The summed E-state index contributed by atoms with van der Waals surface area (Å²) >= 11 is 0. The Bertz CT molecular complexity index is 1250. The van der Waals surface area contributed by atoms with Gasteiger partial charge in [-0.15, -0.1) is 0 Å². The summed E-state index contributed by atoms with van der Waals surface area (Å²) in [6.45, 7) is 0.737. The van der Waals surface area contributed by atoms with Crippen molar-refractivity contribution in [2.75, 3.05) is 14.2 Å². The Labute approximate surface area is 195 Å². The number of carboxylic acid groups (broad SMARTS) is 1. The van der Waals surface area contributed by atoms with Gasteiger partial charge in [0.1, 0.15) is 5.75 Å². The van der Waals surface area contributed by atoms with Crippen LogP contribution >= 0.6 is 0 Å². The van der Waals surface area contributed by atoms with E-state index in [2.05, 4.69) is 11.9 Å². The molecule has 0 radical (unpaired) electrons. The molecule has 1 aliphatic carbocycles. The van der Waals surface area contributed by atoms with Crippen LogP contribution < -0.4 is 4.74 Å². The third-order valence-electron chi connectivity index (χ3n) is 5.77. The monoisotopic (exact) mass is 498 g/mol. The fourth-order valence-electron chi connectivity index (χ4n) is 3.71. The summed E-state index contributed by atoms with van der Waals surface area (Å²) in [6.07, 6.45) is 0.276. The molecule has 0 aliphatic heterocycles. The largest absolute Gasteiger partial charge is 0.496 e. The predicted molar refractivity (Wildman–Crippen MR) is 120 cm³/mol. The van der Waals surface area contributed by atoms with E-state index >= 15 is 0 Å². The van der Waals surface area contributed by atoms with Gasteiger partial charge in [0.05, 0.1) is 17.5 Å². The number of carboxylic acids is 1. The van der Waals surface area contributed by atoms with Crippen LogP contribution in [0.5, 0.6) is 5.75 Å². The van der Waals surface area contributed by atoms with Crippen LogP contribution in [0.25, 0.3) is 10.9 Å². The Morgan fingerprint density at radius 1 is 1.15 bits per heavy atom. The van der Waals surface area contributed by atoms with Gasteiger partial charge >= 0.3 is 12.1 Å². The van der Waals surface area contributed by atoms with Crippen molar-refractivity contribution >= 4 is 26.9 Å². The summed E-state index contributed by atoms with van der Waals surface area (Å²) in [6, 6.07) is 14.7. The van der Waals surface area contributed by atoms with Crippen molar-refractivity contribution in [3.05, 3.63) is 60.3 Å². The average molecular weight is 499 g/mol. The van der Waals surface area contributed by atoms with Crippen LogP contribution in [0.3, 0.4) is 0 Å². The molecule has 0 spiro atoms. The number of carbonyl (C=O) groups is 1. The summed E-state index contributed by atoms with van der Waals surface area (Å²) in [4.78, 5) is 11.5. The number of rotatable bonds is 6. The van der Waals surface area contributed by atoms with Gasteiger partial charge in [-0.3, -0.25) is 4.90 Å². The molecular weight excluding hydrogens is 473 g/mol. The summed E-state index contributed by atoms with van der Waals surface area (Å²) < 4.78 is 64.8. The minimum atomic E-state index is -5.08. The summed E-state index contributed by atoms with van der Waals surface area (Å²) in [5.41, 5.74) is 1.71. The Kier molecular flexibility index (Phi) is 7.57. The molecule has 0 saturated heterocycles. The zero-order chi connectivity index (χ0) is 25.1. The molecule has 11 heteroatoms. The molecule has 4 rings (SSSR count). The molecule has 3 aromatic rings. The molecule has 1 fully saturated rings. The first kappa shape index (κ1) is 25.6. The summed E-state index contributed by atoms with van der Waals surface area (Å²) in [5, 5.41) is 8.04. The maximum atomic E-state index is 13.1. The third-order valence-corrected chi connectivity index (χ3v) is 7.48. The number of hydrogen-bond acceptors (Lipinski definition) is 5. The lowest BCUT2D eigenvalue weighted by atomic mass is 9.91. The Balaban J connectivity index is 0.000000406. The highest BCUT2D eigenvalue weighted by atomic mass is 32.2. The van der Waals surface area contributed by atoms with E-state index in [9.17, 15) is 21.6 Å². The number of ether oxygens (including phenoxy) is 1. The molecule has 0 bridgehead atoms. The van der Waals surface area contributed by atoms with Crippen molar-refractivity contribution in [3.63, 3.8) is 0 Å². The third kappa shape index (κ3) is 5.36. The van der Waals surface area contributed by atoms with E-state index < -0.39 is 22.2 Å². The van der Waals surface area contributed by atoms with Gasteiger partial charge in [0.25, 0.3) is 10.0 Å². The number of aromatic nitrogens is 1. The van der Waals surface area contributed by atoms with E-state index in [4.69, 9.17) is 14.6 Å². The number of nitrogens with zero attached hydrogens (tertiary/aromatic N) is 2. The topological polar surface area (TPSA) is 88.8 Å². The van der Waals surface area contributed by atoms with Crippen molar-refractivity contribution in [2.45, 2.75) is 42.9 Å². The van der Waals surface area contributed by atoms with E-state index in [1.807, 2.05) is 24.3 Å². The number of fused-ring (bicyclic) bond motifs is 1. The van der Waals surface area contributed by atoms with Gasteiger partial charge in [0, 0.05) is 29.7 Å². The first-order valence-corrected chi connectivity index (χ1v) is 11.9. The van der Waals surface area contributed by atoms with E-state index in [1.54, 1.807) is 37.6 Å². The second-order valence-corrected chi connectivity index (χ2v) is 9.73. The lowest BCUT2D eigenvalue weighted by Crippen LogP contribution is -2.36. The van der Waals surface area contributed by atoms with Crippen molar-refractivity contribution in [3.8, 4) is 5.75 Å². The minimum absolute atomic E-state index is 0.284. The summed E-state index contributed by atoms with van der Waals surface area (Å²) in [5.74, 6) is -1.96. The smallest absolute Gasteiger partial charge is 0.490 e. The minimum Gasteiger partial charge on any atom is -0.496 e. The Morgan fingerprint density at radius 2 is 1.76 bits per heavy atom. The van der Waals surface area contributed by atoms with Gasteiger partial charge in [-0.1, -0.05) is 24.6 Å². The molecular formula is C23H25F3N2O5S. The summed E-state index contributed by atoms with van der Waals surface area (Å²) in [7, 11) is 0.149. The van der Waals surface area contributed by atoms with E-state index in [-0.39, 0.29) is 4.90 Å². The van der Waals surface area contributed by atoms with Crippen LogP contribution in [0.4, 0.5) is 13.2 Å². The molecule has 1 N–H and O–H groups in total. The lowest BCUT2D eigenvalue weighted by molar-refractivity contribution is -0.192. The maximum Gasteiger partial charge on any atom is 0.490 e.